The highest BCUT2D eigenvalue weighted by Crippen LogP contribution is 2.39. The number of aryl methyl sites for hydroxylation is 1. The molecule has 152 valence electrons. The van der Waals surface area contributed by atoms with Crippen LogP contribution in [0.25, 0.3) is 5.57 Å². The maximum absolute atomic E-state index is 2.35. The normalized spacial score (nSPS) is 14.1. The Labute approximate surface area is 183 Å². The van der Waals surface area contributed by atoms with Gasteiger partial charge in [-0.1, -0.05) is 119 Å². The van der Waals surface area contributed by atoms with E-state index in [1.807, 2.05) is 0 Å². The van der Waals surface area contributed by atoms with Gasteiger partial charge in [-0.2, -0.15) is 0 Å². The second kappa shape index (κ2) is 9.45. The Balaban J connectivity index is 1.67. The average molecular weight is 409 g/mol. The quantitative estimate of drug-likeness (QED) is 0.414. The topological polar surface area (TPSA) is 0 Å². The summed E-state index contributed by atoms with van der Waals surface area (Å²) in [5.41, 5.74) is 7.38. The van der Waals surface area contributed by atoms with E-state index >= 15 is 0 Å². The SMILES string of the molecule is CCCCc1ccc(C2=C(C)C(C)=C([SiH](c3ccccc3)c3ccccc3)C2)cc1. The van der Waals surface area contributed by atoms with Crippen molar-refractivity contribution < 1.29 is 0 Å². The van der Waals surface area contributed by atoms with Crippen molar-refractivity contribution in [2.24, 2.45) is 0 Å². The maximum atomic E-state index is 2.35. The van der Waals surface area contributed by atoms with Gasteiger partial charge in [0.2, 0.25) is 0 Å². The first kappa shape index (κ1) is 20.6. The molecule has 0 unspecified atom stereocenters. The number of allylic oxidation sites excluding steroid dienone is 4. The third-order valence-electron chi connectivity index (χ3n) is 6.60. The van der Waals surface area contributed by atoms with E-state index in [1.54, 1.807) is 5.20 Å². The molecule has 30 heavy (non-hydrogen) atoms. The van der Waals surface area contributed by atoms with E-state index in [9.17, 15) is 0 Å². The molecule has 4 rings (SSSR count). The summed E-state index contributed by atoms with van der Waals surface area (Å²) in [5.74, 6) is 0. The molecule has 0 aromatic heterocycles. The molecule has 0 saturated carbocycles. The Morgan fingerprint density at radius 3 is 1.80 bits per heavy atom. The van der Waals surface area contributed by atoms with Crippen molar-refractivity contribution in [2.45, 2.75) is 46.5 Å². The summed E-state index contributed by atoms with van der Waals surface area (Å²) in [4.78, 5) is 0. The summed E-state index contributed by atoms with van der Waals surface area (Å²) in [6, 6.07) is 31.7. The molecule has 1 aliphatic rings. The van der Waals surface area contributed by atoms with Gasteiger partial charge < -0.3 is 0 Å². The summed E-state index contributed by atoms with van der Waals surface area (Å²) in [6.07, 6.45) is 4.80. The van der Waals surface area contributed by atoms with Crippen molar-refractivity contribution in [1.29, 1.82) is 0 Å². The molecular formula is C29H32Si. The van der Waals surface area contributed by atoms with Crippen molar-refractivity contribution in [3.63, 3.8) is 0 Å². The van der Waals surface area contributed by atoms with Crippen molar-refractivity contribution in [1.82, 2.24) is 0 Å². The van der Waals surface area contributed by atoms with Crippen LogP contribution >= 0.6 is 0 Å². The van der Waals surface area contributed by atoms with Gasteiger partial charge in [-0.25, -0.2) is 0 Å². The summed E-state index contributed by atoms with van der Waals surface area (Å²) >= 11 is 0. The summed E-state index contributed by atoms with van der Waals surface area (Å²) < 4.78 is 0. The molecular weight excluding hydrogens is 376 g/mol. The fourth-order valence-electron chi connectivity index (χ4n) is 4.70. The number of unbranched alkanes of at least 4 members (excludes halogenated alkanes) is 1. The van der Waals surface area contributed by atoms with Crippen LogP contribution in [0, 0.1) is 0 Å². The zero-order valence-electron chi connectivity index (χ0n) is 18.5. The van der Waals surface area contributed by atoms with Gasteiger partial charge in [-0.15, -0.1) is 0 Å². The first-order valence-electron chi connectivity index (χ1n) is 11.3. The first-order chi connectivity index (χ1) is 14.7. The van der Waals surface area contributed by atoms with Crippen LogP contribution in [-0.2, 0) is 6.42 Å². The van der Waals surface area contributed by atoms with Gasteiger partial charge in [0.1, 0.15) is 8.80 Å². The Hall–Kier alpha value is -2.64. The molecule has 1 aliphatic carbocycles. The molecule has 0 nitrogen and oxygen atoms in total. The van der Waals surface area contributed by atoms with E-state index in [0.717, 1.165) is 6.42 Å². The molecule has 0 aliphatic heterocycles. The summed E-state index contributed by atoms with van der Waals surface area (Å²) in [5, 5.41) is 4.71. The Morgan fingerprint density at radius 2 is 1.27 bits per heavy atom. The van der Waals surface area contributed by atoms with E-state index in [2.05, 4.69) is 106 Å². The molecule has 0 heterocycles. The van der Waals surface area contributed by atoms with Crippen molar-refractivity contribution >= 4 is 24.7 Å². The first-order valence-corrected chi connectivity index (χ1v) is 13.0. The van der Waals surface area contributed by atoms with E-state index < -0.39 is 8.80 Å². The highest BCUT2D eigenvalue weighted by atomic mass is 28.3. The van der Waals surface area contributed by atoms with Gasteiger partial charge in [-0.3, -0.25) is 0 Å². The zero-order chi connectivity index (χ0) is 20.9. The van der Waals surface area contributed by atoms with Crippen molar-refractivity contribution in [2.75, 3.05) is 0 Å². The summed E-state index contributed by atoms with van der Waals surface area (Å²) in [7, 11) is -1.45. The van der Waals surface area contributed by atoms with Crippen LogP contribution < -0.4 is 10.4 Å². The predicted molar refractivity (Wildman–Crippen MR) is 134 cm³/mol. The number of hydrogen-bond donors (Lipinski definition) is 0. The minimum Gasteiger partial charge on any atom is -0.0668 e. The van der Waals surface area contributed by atoms with E-state index in [1.165, 1.54) is 57.5 Å². The third kappa shape index (κ3) is 4.27. The van der Waals surface area contributed by atoms with Crippen LogP contribution in [-0.4, -0.2) is 8.80 Å². The maximum Gasteiger partial charge on any atom is 0.129 e. The molecule has 0 fully saturated rings. The van der Waals surface area contributed by atoms with Gasteiger partial charge in [0.15, 0.2) is 0 Å². The van der Waals surface area contributed by atoms with Crippen LogP contribution in [0.4, 0.5) is 0 Å². The van der Waals surface area contributed by atoms with Gasteiger partial charge in [0, 0.05) is 0 Å². The van der Waals surface area contributed by atoms with Gasteiger partial charge in [0.05, 0.1) is 0 Å². The van der Waals surface area contributed by atoms with Crippen molar-refractivity contribution in [3.05, 3.63) is 112 Å². The van der Waals surface area contributed by atoms with E-state index in [4.69, 9.17) is 0 Å². The molecule has 0 spiro atoms. The molecule has 1 heteroatoms. The van der Waals surface area contributed by atoms with Crippen molar-refractivity contribution in [3.8, 4) is 0 Å². The number of benzene rings is 3. The molecule has 0 radical (unpaired) electrons. The molecule has 0 saturated heterocycles. The standard InChI is InChI=1S/C29H32Si/c1-4-5-12-24-17-19-25(20-18-24)28-21-29(23(3)22(28)2)30(26-13-8-6-9-14-26)27-15-10-7-11-16-27/h6-11,13-20,30H,4-5,12,21H2,1-3H3. The minimum atomic E-state index is -1.45. The van der Waals surface area contributed by atoms with Crippen LogP contribution in [0.1, 0.15) is 51.2 Å². The molecule has 3 aromatic carbocycles. The van der Waals surface area contributed by atoms with Crippen LogP contribution in [0.5, 0.6) is 0 Å². The highest BCUT2D eigenvalue weighted by Gasteiger charge is 2.29. The smallest absolute Gasteiger partial charge is 0.0668 e. The third-order valence-corrected chi connectivity index (χ3v) is 10.0. The van der Waals surface area contributed by atoms with E-state index in [0.29, 0.717) is 0 Å². The molecule has 0 N–H and O–H groups in total. The van der Waals surface area contributed by atoms with Crippen LogP contribution in [0.15, 0.2) is 101 Å². The largest absolute Gasteiger partial charge is 0.129 e. The second-order valence-corrected chi connectivity index (χ2v) is 11.4. The predicted octanol–water partition coefficient (Wildman–Crippen LogP) is 6.10. The monoisotopic (exact) mass is 408 g/mol. The highest BCUT2D eigenvalue weighted by molar-refractivity contribution is 6.91. The molecule has 0 amide bonds. The fraction of sp³-hybridized carbons (Fsp3) is 0.241. The lowest BCUT2D eigenvalue weighted by Crippen LogP contribution is -2.44. The number of hydrogen-bond acceptors (Lipinski definition) is 0. The Bertz CT molecular complexity index is 1000. The molecule has 0 bridgehead atoms. The second-order valence-electron chi connectivity index (χ2n) is 8.49. The lowest BCUT2D eigenvalue weighted by Gasteiger charge is -2.20. The Kier molecular flexibility index (Phi) is 6.49. The fourth-order valence-corrected chi connectivity index (χ4v) is 8.16. The molecule has 3 aromatic rings. The van der Waals surface area contributed by atoms with Gasteiger partial charge in [-0.05, 0) is 55.4 Å². The lowest BCUT2D eigenvalue weighted by molar-refractivity contribution is 0.795. The Morgan fingerprint density at radius 1 is 0.700 bits per heavy atom. The number of rotatable bonds is 7. The zero-order valence-corrected chi connectivity index (χ0v) is 19.6. The van der Waals surface area contributed by atoms with Crippen LogP contribution in [0.2, 0.25) is 0 Å². The molecule has 0 atom stereocenters. The average Bonchev–Trinajstić information content (AvgIpc) is 3.09. The van der Waals surface area contributed by atoms with Gasteiger partial charge in [0.25, 0.3) is 0 Å². The minimum absolute atomic E-state index is 1.09. The van der Waals surface area contributed by atoms with Gasteiger partial charge >= 0.3 is 0 Å². The summed E-state index contributed by atoms with van der Waals surface area (Å²) in [6.45, 7) is 6.93. The lowest BCUT2D eigenvalue weighted by atomic mass is 9.98. The van der Waals surface area contributed by atoms with Crippen LogP contribution in [0.3, 0.4) is 0 Å². The van der Waals surface area contributed by atoms with E-state index in [-0.39, 0.29) is 0 Å².